The Balaban J connectivity index is -0.000000000126. The van der Waals surface area contributed by atoms with Gasteiger partial charge < -0.3 is 53.8 Å². The molecule has 0 amide bonds. The second-order valence-electron chi connectivity index (χ2n) is 0.577. The summed E-state index contributed by atoms with van der Waals surface area (Å²) in [5.41, 5.74) is 0. The summed E-state index contributed by atoms with van der Waals surface area (Å²) in [5.74, 6) is 0. The molecule has 0 aromatic rings. The van der Waals surface area contributed by atoms with E-state index < -0.39 is 0 Å². The Morgan fingerprint density at radius 1 is 0.225 bits per heavy atom. The normalized spacial score (nSPS) is 0.750. The van der Waals surface area contributed by atoms with E-state index in [1.165, 1.54) is 0 Å². The first-order chi connectivity index (χ1) is 3.41. The monoisotopic (exact) mass is 2440 g/mol. The van der Waals surface area contributed by atoms with Gasteiger partial charge in [0.2, 0.25) is 0 Å². The van der Waals surface area contributed by atoms with Crippen LogP contribution in [0.15, 0.2) is 0 Å². The molecule has 0 nitrogen and oxygen atoms in total. The van der Waals surface area contributed by atoms with Crippen LogP contribution in [0.5, 0.6) is 0 Å². The maximum atomic E-state index is 2.00. The Morgan fingerprint density at radius 2 is 0.225 bits per heavy atom. The Hall–Kier alpha value is 27.8. The molecular formula is C12H38B3Y25-7. The summed E-state index contributed by atoms with van der Waals surface area (Å²) in [6.07, 6.45) is 0. The maximum Gasteiger partial charge on any atom is 0 e. The minimum Gasteiger partial charge on any atom is -1.00 e. The van der Waals surface area contributed by atoms with Gasteiger partial charge in [-0.05, 0) is 0 Å². The molecular weight excluding hydrogens is 2400 g/mol. The van der Waals surface area contributed by atoms with Crippen LogP contribution in [0.3, 0.4) is 0 Å². The molecule has 0 aromatic carbocycles. The Labute approximate surface area is 895 Å². The molecule has 0 bridgehead atoms. The first-order valence-corrected chi connectivity index (χ1v) is 3.15. The fourth-order valence-electron chi connectivity index (χ4n) is 0. The Morgan fingerprint density at radius 3 is 0.225 bits per heavy atom. The SMILES string of the molecule is C.C.CC.CC.C[B-]C.[B-].[B-].[CH3-].[CH3-].[CH3-].[CH3-].[Y].[Y].[Y].[Y].[Y].[Y].[Y].[Y].[Y].[Y].[Y].[Y].[Y].[Y].[Y].[Y].[Y].[Y].[Y].[Y].[Y].[Y].[Y].[Y].[Y]. The largest absolute Gasteiger partial charge is 1.00 e. The van der Waals surface area contributed by atoms with Crippen molar-refractivity contribution in [2.24, 2.45) is 0 Å². The van der Waals surface area contributed by atoms with Gasteiger partial charge in [-0.3, -0.25) is 13.6 Å². The molecule has 0 unspecified atom stereocenters. The minimum absolute atomic E-state index is 0. The summed E-state index contributed by atoms with van der Waals surface area (Å²) < 4.78 is 0. The van der Waals surface area contributed by atoms with E-state index in [1.54, 1.807) is 0 Å². The molecule has 0 fully saturated rings. The van der Waals surface area contributed by atoms with Crippen molar-refractivity contribution in [3.05, 3.63) is 29.7 Å². The van der Waals surface area contributed by atoms with Gasteiger partial charge in [0.1, 0.15) is 0 Å². The Bertz CT molecular complexity index is 49.0. The second-order valence-corrected chi connectivity index (χ2v) is 0.577. The van der Waals surface area contributed by atoms with Crippen LogP contribution in [0.2, 0.25) is 13.6 Å². The third-order valence-corrected chi connectivity index (χ3v) is 0. The third kappa shape index (κ3) is 358. The topological polar surface area (TPSA) is 0 Å². The summed E-state index contributed by atoms with van der Waals surface area (Å²) >= 11 is 0. The zero-order valence-electron chi connectivity index (χ0n) is 26.2. The van der Waals surface area contributed by atoms with Crippen molar-refractivity contribution in [2.75, 3.05) is 0 Å². The van der Waals surface area contributed by atoms with E-state index >= 15 is 0 Å². The molecule has 40 heavy (non-hydrogen) atoms. The number of hydrogen-bond acceptors (Lipinski definition) is 0. The Kier molecular flexibility index (Phi) is 2610. The van der Waals surface area contributed by atoms with Gasteiger partial charge in [0.25, 0.3) is 0 Å². The smallest absolute Gasteiger partial charge is 0 e. The quantitative estimate of drug-likeness (QED) is 0.235. The minimum atomic E-state index is 0. The zero-order chi connectivity index (χ0) is 6.71. The van der Waals surface area contributed by atoms with Crippen LogP contribution in [-0.2, 0) is 818 Å². The average molecular weight is 2440 g/mol. The number of hydrogen-bond donors (Lipinski definition) is 0. The molecule has 0 saturated carbocycles. The van der Waals surface area contributed by atoms with Crippen LogP contribution < -0.4 is 0 Å². The number of rotatable bonds is 0. The van der Waals surface area contributed by atoms with Crippen molar-refractivity contribution in [1.82, 2.24) is 0 Å². The van der Waals surface area contributed by atoms with Crippen LogP contribution in [0, 0.1) is 29.7 Å². The van der Waals surface area contributed by atoms with Crippen molar-refractivity contribution < 1.29 is 818 Å². The molecule has 35 radical (unpaired) electrons. The van der Waals surface area contributed by atoms with Gasteiger partial charge in [0.15, 0.2) is 0 Å². The van der Waals surface area contributed by atoms with Gasteiger partial charge in [-0.1, -0.05) is 42.5 Å². The molecule has 0 aliphatic heterocycles. The summed E-state index contributed by atoms with van der Waals surface area (Å²) in [4.78, 5) is 0. The maximum absolute atomic E-state index is 2.00. The predicted molar refractivity (Wildman–Crippen MR) is 90.8 cm³/mol. The van der Waals surface area contributed by atoms with Crippen molar-refractivity contribution >= 4 is 24.1 Å². The summed E-state index contributed by atoms with van der Waals surface area (Å²) in [6, 6.07) is 0. The standard InChI is InChI=1S/C2H6B.2C2H6.2CH4.4CH3.2B.25Y/c1-3-2;2*1-2;;;;;;;;;;;;;;;;;;;;;;;;;;;;;;;;;/h1-2H3;2*1-2H3;2*1H4;4*1H3;;;;;;;;;;;;;;;;;;;;;;;;;;;/q-1;;;;;6*-1;;;;;;;;;;;;;;;;;;;;;;;;;. The van der Waals surface area contributed by atoms with Crippen molar-refractivity contribution in [2.45, 2.75) is 56.2 Å². The summed E-state index contributed by atoms with van der Waals surface area (Å²) in [7, 11) is 2.00. The molecule has 0 heterocycles. The fourth-order valence-corrected chi connectivity index (χ4v) is 0. The summed E-state index contributed by atoms with van der Waals surface area (Å²) in [5, 5.41) is 0. The van der Waals surface area contributed by atoms with E-state index in [4.69, 9.17) is 0 Å². The van der Waals surface area contributed by atoms with Gasteiger partial charge >= 0.3 is 0 Å². The molecule has 177 valence electrons. The van der Waals surface area contributed by atoms with Gasteiger partial charge in [-0.15, -0.1) is 0 Å². The van der Waals surface area contributed by atoms with E-state index in [2.05, 4.69) is 0 Å². The first-order valence-electron chi connectivity index (χ1n) is 3.15. The molecule has 0 spiro atoms. The molecule has 0 rings (SSSR count). The van der Waals surface area contributed by atoms with E-state index in [0.717, 1.165) is 0 Å². The third-order valence-electron chi connectivity index (χ3n) is 0. The van der Waals surface area contributed by atoms with Crippen LogP contribution in [0.1, 0.15) is 42.5 Å². The predicted octanol–water partition coefficient (Wildman–Crippen LogP) is 5.09. The molecule has 0 aliphatic carbocycles. The van der Waals surface area contributed by atoms with Crippen molar-refractivity contribution in [1.29, 1.82) is 0 Å². The molecule has 0 N–H and O–H groups in total. The molecule has 0 aromatic heterocycles. The first kappa shape index (κ1) is 299. The fraction of sp³-hybridized carbons (Fsp3) is 0.667. The van der Waals surface area contributed by atoms with E-state index in [-0.39, 0.29) is 879 Å². The molecule has 0 saturated heterocycles. The molecule has 0 aliphatic rings. The van der Waals surface area contributed by atoms with Crippen LogP contribution in [-0.4, -0.2) is 24.1 Å². The second kappa shape index (κ2) is 349. The van der Waals surface area contributed by atoms with Gasteiger partial charge in [-0.25, -0.2) is 0 Å². The van der Waals surface area contributed by atoms with Crippen LogP contribution >= 0.6 is 0 Å². The average Bonchev–Trinajstić information content (AvgIpc) is 1.78. The van der Waals surface area contributed by atoms with E-state index in [1.807, 2.05) is 48.6 Å². The van der Waals surface area contributed by atoms with Crippen molar-refractivity contribution in [3.8, 4) is 0 Å². The van der Waals surface area contributed by atoms with Gasteiger partial charge in [0.05, 0.1) is 0 Å². The van der Waals surface area contributed by atoms with Crippen molar-refractivity contribution in [3.63, 3.8) is 0 Å². The van der Waals surface area contributed by atoms with Crippen LogP contribution in [0.25, 0.3) is 0 Å². The van der Waals surface area contributed by atoms with E-state index in [0.29, 0.717) is 0 Å². The molecule has 0 atom stereocenters. The van der Waals surface area contributed by atoms with Gasteiger partial charge in [0, 0.05) is 818 Å². The van der Waals surface area contributed by atoms with E-state index in [9.17, 15) is 0 Å². The zero-order valence-corrected chi connectivity index (χ0v) is 97.1. The van der Waals surface area contributed by atoms with Gasteiger partial charge in [-0.2, -0.15) is 0 Å². The molecule has 28 heteroatoms. The van der Waals surface area contributed by atoms with Crippen LogP contribution in [0.4, 0.5) is 0 Å². The summed E-state index contributed by atoms with van der Waals surface area (Å²) in [6.45, 7) is 12.0.